The zero-order valence-corrected chi connectivity index (χ0v) is 11.0. The number of benzene rings is 1. The normalized spacial score (nSPS) is 18.2. The monoisotopic (exact) mass is 248 g/mol. The lowest BCUT2D eigenvalue weighted by Crippen LogP contribution is -2.42. The van der Waals surface area contributed by atoms with Crippen LogP contribution in [0.5, 0.6) is 5.75 Å². The SMILES string of the molecule is Cc1ccc2c(c1)OC(C)CN2C(=O)CCCN. The van der Waals surface area contributed by atoms with Gasteiger partial charge in [-0.2, -0.15) is 0 Å². The molecule has 0 aliphatic carbocycles. The molecule has 0 spiro atoms. The number of aryl methyl sites for hydroxylation is 1. The van der Waals surface area contributed by atoms with Gasteiger partial charge in [0.2, 0.25) is 5.91 Å². The number of fused-ring (bicyclic) bond motifs is 1. The van der Waals surface area contributed by atoms with E-state index in [2.05, 4.69) is 0 Å². The molecule has 0 aromatic heterocycles. The number of hydrogen-bond donors (Lipinski definition) is 1. The molecule has 0 radical (unpaired) electrons. The van der Waals surface area contributed by atoms with Crippen LogP contribution in [-0.4, -0.2) is 25.1 Å². The van der Waals surface area contributed by atoms with E-state index in [1.165, 1.54) is 0 Å². The van der Waals surface area contributed by atoms with E-state index in [9.17, 15) is 4.79 Å². The lowest BCUT2D eigenvalue weighted by atomic mass is 10.1. The lowest BCUT2D eigenvalue weighted by Gasteiger charge is -2.33. The lowest BCUT2D eigenvalue weighted by molar-refractivity contribution is -0.119. The maximum atomic E-state index is 12.2. The Hall–Kier alpha value is -1.55. The number of carbonyl (C=O) groups is 1. The Labute approximate surface area is 108 Å². The zero-order valence-electron chi connectivity index (χ0n) is 11.0. The quantitative estimate of drug-likeness (QED) is 0.888. The predicted octanol–water partition coefficient (Wildman–Crippen LogP) is 1.85. The second-order valence-corrected chi connectivity index (χ2v) is 4.80. The smallest absolute Gasteiger partial charge is 0.227 e. The summed E-state index contributed by atoms with van der Waals surface area (Å²) in [5.41, 5.74) is 7.46. The van der Waals surface area contributed by atoms with Crippen molar-refractivity contribution in [3.63, 3.8) is 0 Å². The molecule has 1 atom stereocenters. The first-order chi connectivity index (χ1) is 8.61. The number of anilines is 1. The minimum atomic E-state index is 0.0288. The van der Waals surface area contributed by atoms with Crippen molar-refractivity contribution >= 4 is 11.6 Å². The van der Waals surface area contributed by atoms with Gasteiger partial charge in [-0.1, -0.05) is 6.07 Å². The summed E-state index contributed by atoms with van der Waals surface area (Å²) in [5.74, 6) is 0.926. The minimum absolute atomic E-state index is 0.0288. The predicted molar refractivity (Wildman–Crippen MR) is 71.9 cm³/mol. The van der Waals surface area contributed by atoms with Crippen LogP contribution in [-0.2, 0) is 4.79 Å². The van der Waals surface area contributed by atoms with E-state index in [-0.39, 0.29) is 12.0 Å². The van der Waals surface area contributed by atoms with E-state index in [1.54, 1.807) is 0 Å². The van der Waals surface area contributed by atoms with Crippen molar-refractivity contribution in [2.45, 2.75) is 32.8 Å². The molecular formula is C14H20N2O2. The average molecular weight is 248 g/mol. The Morgan fingerprint density at radius 3 is 3.06 bits per heavy atom. The van der Waals surface area contributed by atoms with E-state index < -0.39 is 0 Å². The molecule has 1 aromatic rings. The molecule has 1 aliphatic rings. The van der Waals surface area contributed by atoms with Gasteiger partial charge in [-0.05, 0) is 44.5 Å². The van der Waals surface area contributed by atoms with Crippen molar-refractivity contribution in [2.24, 2.45) is 5.73 Å². The van der Waals surface area contributed by atoms with Crippen LogP contribution < -0.4 is 15.4 Å². The van der Waals surface area contributed by atoms with Crippen LogP contribution in [0.1, 0.15) is 25.3 Å². The first-order valence-corrected chi connectivity index (χ1v) is 6.39. The summed E-state index contributed by atoms with van der Waals surface area (Å²) in [6.45, 7) is 5.16. The van der Waals surface area contributed by atoms with Crippen molar-refractivity contribution < 1.29 is 9.53 Å². The summed E-state index contributed by atoms with van der Waals surface area (Å²) >= 11 is 0. The van der Waals surface area contributed by atoms with Gasteiger partial charge < -0.3 is 15.4 Å². The second-order valence-electron chi connectivity index (χ2n) is 4.80. The minimum Gasteiger partial charge on any atom is -0.487 e. The summed E-state index contributed by atoms with van der Waals surface area (Å²) in [6, 6.07) is 5.94. The summed E-state index contributed by atoms with van der Waals surface area (Å²) in [4.78, 5) is 14.0. The molecule has 0 saturated carbocycles. The fourth-order valence-electron chi connectivity index (χ4n) is 2.17. The first kappa shape index (κ1) is 12.9. The van der Waals surface area contributed by atoms with Gasteiger partial charge in [0.1, 0.15) is 11.9 Å². The molecule has 2 N–H and O–H groups in total. The highest BCUT2D eigenvalue weighted by Gasteiger charge is 2.26. The molecule has 18 heavy (non-hydrogen) atoms. The van der Waals surface area contributed by atoms with Gasteiger partial charge >= 0.3 is 0 Å². The van der Waals surface area contributed by atoms with Gasteiger partial charge in [0.25, 0.3) is 0 Å². The second kappa shape index (κ2) is 5.40. The van der Waals surface area contributed by atoms with Gasteiger partial charge in [0.05, 0.1) is 12.2 Å². The number of ether oxygens (including phenoxy) is 1. The van der Waals surface area contributed by atoms with Crippen LogP contribution in [0.3, 0.4) is 0 Å². The molecular weight excluding hydrogens is 228 g/mol. The molecule has 1 heterocycles. The fraction of sp³-hybridized carbons (Fsp3) is 0.500. The molecule has 4 heteroatoms. The van der Waals surface area contributed by atoms with Gasteiger partial charge in [-0.15, -0.1) is 0 Å². The van der Waals surface area contributed by atoms with Crippen molar-refractivity contribution in [3.8, 4) is 5.75 Å². The molecule has 2 rings (SSSR count). The maximum absolute atomic E-state index is 12.2. The number of carbonyl (C=O) groups excluding carboxylic acids is 1. The summed E-state index contributed by atoms with van der Waals surface area (Å²) < 4.78 is 5.78. The van der Waals surface area contributed by atoms with Gasteiger partial charge in [0, 0.05) is 6.42 Å². The van der Waals surface area contributed by atoms with E-state index >= 15 is 0 Å². The Morgan fingerprint density at radius 1 is 1.56 bits per heavy atom. The topological polar surface area (TPSA) is 55.6 Å². The van der Waals surface area contributed by atoms with E-state index in [0.717, 1.165) is 23.4 Å². The van der Waals surface area contributed by atoms with Crippen LogP contribution in [0.2, 0.25) is 0 Å². The van der Waals surface area contributed by atoms with Crippen molar-refractivity contribution in [1.29, 1.82) is 0 Å². The number of rotatable bonds is 3. The highest BCUT2D eigenvalue weighted by molar-refractivity contribution is 5.95. The number of hydrogen-bond acceptors (Lipinski definition) is 3. The van der Waals surface area contributed by atoms with Gasteiger partial charge in [0.15, 0.2) is 0 Å². The molecule has 1 unspecified atom stereocenters. The fourth-order valence-corrected chi connectivity index (χ4v) is 2.17. The Kier molecular flexibility index (Phi) is 3.87. The average Bonchev–Trinajstić information content (AvgIpc) is 2.34. The molecule has 1 amide bonds. The van der Waals surface area contributed by atoms with E-state index in [0.29, 0.717) is 19.5 Å². The number of nitrogens with zero attached hydrogens (tertiary/aromatic N) is 1. The highest BCUT2D eigenvalue weighted by atomic mass is 16.5. The van der Waals surface area contributed by atoms with Crippen molar-refractivity contribution in [2.75, 3.05) is 18.0 Å². The van der Waals surface area contributed by atoms with Crippen LogP contribution in [0.4, 0.5) is 5.69 Å². The summed E-state index contributed by atoms with van der Waals surface area (Å²) in [6.07, 6.45) is 1.25. The third-order valence-corrected chi connectivity index (χ3v) is 3.07. The molecule has 0 bridgehead atoms. The molecule has 1 aromatic carbocycles. The number of amides is 1. The maximum Gasteiger partial charge on any atom is 0.227 e. The van der Waals surface area contributed by atoms with E-state index in [4.69, 9.17) is 10.5 Å². The molecule has 0 fully saturated rings. The van der Waals surface area contributed by atoms with Crippen molar-refractivity contribution in [3.05, 3.63) is 23.8 Å². The molecule has 4 nitrogen and oxygen atoms in total. The Morgan fingerprint density at radius 2 is 2.33 bits per heavy atom. The molecule has 1 aliphatic heterocycles. The van der Waals surface area contributed by atoms with Crippen LogP contribution in [0.15, 0.2) is 18.2 Å². The van der Waals surface area contributed by atoms with Crippen LogP contribution in [0, 0.1) is 6.92 Å². The van der Waals surface area contributed by atoms with E-state index in [1.807, 2.05) is 36.9 Å². The molecule has 0 saturated heterocycles. The molecule has 98 valence electrons. The Balaban J connectivity index is 2.25. The third kappa shape index (κ3) is 2.64. The van der Waals surface area contributed by atoms with Gasteiger partial charge in [-0.25, -0.2) is 0 Å². The van der Waals surface area contributed by atoms with Crippen LogP contribution >= 0.6 is 0 Å². The first-order valence-electron chi connectivity index (χ1n) is 6.39. The number of nitrogens with two attached hydrogens (primary N) is 1. The van der Waals surface area contributed by atoms with Crippen molar-refractivity contribution in [1.82, 2.24) is 0 Å². The summed E-state index contributed by atoms with van der Waals surface area (Å²) in [5, 5.41) is 0. The third-order valence-electron chi connectivity index (χ3n) is 3.07. The Bertz CT molecular complexity index is 445. The standard InChI is InChI=1S/C14H20N2O2/c1-10-5-6-12-13(8-10)18-11(2)9-16(12)14(17)4-3-7-15/h5-6,8,11H,3-4,7,9,15H2,1-2H3. The summed E-state index contributed by atoms with van der Waals surface area (Å²) in [7, 11) is 0. The van der Waals surface area contributed by atoms with Crippen LogP contribution in [0.25, 0.3) is 0 Å². The zero-order chi connectivity index (χ0) is 13.1. The highest BCUT2D eigenvalue weighted by Crippen LogP contribution is 2.34. The largest absolute Gasteiger partial charge is 0.487 e. The van der Waals surface area contributed by atoms with Gasteiger partial charge in [-0.3, -0.25) is 4.79 Å².